The van der Waals surface area contributed by atoms with E-state index in [2.05, 4.69) is 10.2 Å². The van der Waals surface area contributed by atoms with Crippen LogP contribution >= 0.6 is 0 Å². The zero-order valence-corrected chi connectivity index (χ0v) is 19.2. The van der Waals surface area contributed by atoms with Crippen LogP contribution in [-0.4, -0.2) is 60.4 Å². The van der Waals surface area contributed by atoms with Crippen molar-refractivity contribution < 1.29 is 9.59 Å². The summed E-state index contributed by atoms with van der Waals surface area (Å²) in [5.74, 6) is 1.46. The molecular weight excluding hydrogens is 386 g/mol. The zero-order chi connectivity index (χ0) is 21.6. The second-order valence-corrected chi connectivity index (χ2v) is 9.93. The molecular formula is C26H39N3O2. The van der Waals surface area contributed by atoms with Gasteiger partial charge in [0.15, 0.2) is 0 Å². The minimum atomic E-state index is -0.0253. The molecule has 0 bridgehead atoms. The molecule has 3 aliphatic rings. The molecule has 1 aliphatic heterocycles. The minimum Gasteiger partial charge on any atom is -0.354 e. The van der Waals surface area contributed by atoms with E-state index < -0.39 is 0 Å². The number of nitrogens with one attached hydrogen (secondary N) is 1. The molecule has 0 spiro atoms. The summed E-state index contributed by atoms with van der Waals surface area (Å²) in [6, 6.07) is 7.81. The minimum absolute atomic E-state index is 0.0253. The summed E-state index contributed by atoms with van der Waals surface area (Å²) in [6.45, 7) is 5.85. The van der Waals surface area contributed by atoms with Gasteiger partial charge in [-0.15, -0.1) is 0 Å². The van der Waals surface area contributed by atoms with E-state index in [0.717, 1.165) is 38.0 Å². The molecule has 1 saturated heterocycles. The van der Waals surface area contributed by atoms with Gasteiger partial charge < -0.3 is 10.2 Å². The van der Waals surface area contributed by atoms with Gasteiger partial charge in [0.05, 0.1) is 6.04 Å². The Hall–Kier alpha value is -1.88. The van der Waals surface area contributed by atoms with Crippen LogP contribution in [0.25, 0.3) is 0 Å². The molecule has 1 atom stereocenters. The van der Waals surface area contributed by atoms with Gasteiger partial charge in [-0.2, -0.15) is 0 Å². The number of aryl methyl sites for hydroxylation is 1. The first-order valence-electron chi connectivity index (χ1n) is 12.5. The number of piperazine rings is 1. The van der Waals surface area contributed by atoms with Crippen molar-refractivity contribution in [3.8, 4) is 0 Å². The molecule has 1 aromatic rings. The van der Waals surface area contributed by atoms with E-state index in [0.29, 0.717) is 24.9 Å². The summed E-state index contributed by atoms with van der Waals surface area (Å²) in [5.41, 5.74) is 1.93. The molecule has 0 aromatic heterocycles. The van der Waals surface area contributed by atoms with Gasteiger partial charge in [-0.05, 0) is 56.6 Å². The average molecular weight is 426 g/mol. The van der Waals surface area contributed by atoms with Crippen LogP contribution in [-0.2, 0) is 4.79 Å². The Kier molecular flexibility index (Phi) is 7.65. The van der Waals surface area contributed by atoms with Crippen molar-refractivity contribution in [1.29, 1.82) is 0 Å². The first kappa shape index (κ1) is 22.3. The van der Waals surface area contributed by atoms with Crippen LogP contribution < -0.4 is 5.32 Å². The van der Waals surface area contributed by atoms with Crippen LogP contribution in [0.1, 0.15) is 73.7 Å². The van der Waals surface area contributed by atoms with Gasteiger partial charge in [0.25, 0.3) is 5.91 Å². The van der Waals surface area contributed by atoms with Gasteiger partial charge in [-0.1, -0.05) is 49.8 Å². The summed E-state index contributed by atoms with van der Waals surface area (Å²) in [6.07, 6.45) is 11.3. The Morgan fingerprint density at radius 3 is 2.16 bits per heavy atom. The number of carbonyl (C=O) groups is 2. The second-order valence-electron chi connectivity index (χ2n) is 9.93. The van der Waals surface area contributed by atoms with Crippen LogP contribution in [0.5, 0.6) is 0 Å². The van der Waals surface area contributed by atoms with Crippen LogP contribution in [0, 0.1) is 18.8 Å². The van der Waals surface area contributed by atoms with Crippen molar-refractivity contribution in [2.24, 2.45) is 11.8 Å². The molecule has 170 valence electrons. The fraction of sp³-hybridized carbons (Fsp3) is 0.692. The van der Waals surface area contributed by atoms with E-state index >= 15 is 0 Å². The number of benzene rings is 1. The highest BCUT2D eigenvalue weighted by atomic mass is 16.2. The summed E-state index contributed by atoms with van der Waals surface area (Å²) < 4.78 is 0. The largest absolute Gasteiger partial charge is 0.354 e. The van der Waals surface area contributed by atoms with Crippen LogP contribution in [0.3, 0.4) is 0 Å². The van der Waals surface area contributed by atoms with Gasteiger partial charge in [-0.3, -0.25) is 14.5 Å². The van der Waals surface area contributed by atoms with Crippen LogP contribution in [0.15, 0.2) is 24.3 Å². The van der Waals surface area contributed by atoms with E-state index in [1.165, 1.54) is 50.5 Å². The summed E-state index contributed by atoms with van der Waals surface area (Å²) in [4.78, 5) is 30.5. The third kappa shape index (κ3) is 5.68. The van der Waals surface area contributed by atoms with Gasteiger partial charge in [0, 0.05) is 38.3 Å². The maximum atomic E-state index is 13.3. The standard InChI is InChI=1S/C26H39N3O2/c1-20-11-13-23(14-12-20)26(31)29-17-15-28(16-18-29)24(22-9-5-6-10-22)25(30)27-19-21-7-3-2-4-8-21/h11-14,21-22,24H,2-10,15-19H2,1H3,(H,27,30)/t24-/m0/s1. The van der Waals surface area contributed by atoms with Gasteiger partial charge in [0.1, 0.15) is 0 Å². The lowest BCUT2D eigenvalue weighted by Crippen LogP contribution is -2.58. The molecule has 2 saturated carbocycles. The molecule has 2 amide bonds. The molecule has 3 fully saturated rings. The first-order chi connectivity index (χ1) is 15.1. The van der Waals surface area contributed by atoms with Crippen molar-refractivity contribution in [3.05, 3.63) is 35.4 Å². The number of hydrogen-bond acceptors (Lipinski definition) is 3. The second kappa shape index (κ2) is 10.6. The van der Waals surface area contributed by atoms with Crippen LogP contribution in [0.4, 0.5) is 0 Å². The molecule has 1 N–H and O–H groups in total. The lowest BCUT2D eigenvalue weighted by atomic mass is 9.89. The third-order valence-electron chi connectivity index (χ3n) is 7.70. The Labute approximate surface area is 187 Å². The third-order valence-corrected chi connectivity index (χ3v) is 7.70. The normalized spacial score (nSPS) is 22.4. The quantitative estimate of drug-likeness (QED) is 0.749. The van der Waals surface area contributed by atoms with Crippen molar-refractivity contribution in [1.82, 2.24) is 15.1 Å². The monoisotopic (exact) mass is 425 g/mol. The SMILES string of the molecule is Cc1ccc(C(=O)N2CCN([C@H](C(=O)NCC3CCCCC3)C3CCCC3)CC2)cc1. The molecule has 2 aliphatic carbocycles. The highest BCUT2D eigenvalue weighted by molar-refractivity contribution is 5.94. The van der Waals surface area contributed by atoms with Crippen molar-refractivity contribution in [2.75, 3.05) is 32.7 Å². The smallest absolute Gasteiger partial charge is 0.253 e. The number of rotatable bonds is 6. The van der Waals surface area contributed by atoms with E-state index in [9.17, 15) is 9.59 Å². The maximum Gasteiger partial charge on any atom is 0.253 e. The fourth-order valence-corrected chi connectivity index (χ4v) is 5.77. The van der Waals surface area contributed by atoms with Gasteiger partial charge in [-0.25, -0.2) is 0 Å². The van der Waals surface area contributed by atoms with Crippen molar-refractivity contribution in [2.45, 2.75) is 70.8 Å². The Morgan fingerprint density at radius 1 is 0.903 bits per heavy atom. The number of amides is 2. The summed E-state index contributed by atoms with van der Waals surface area (Å²) >= 11 is 0. The van der Waals surface area contributed by atoms with Crippen molar-refractivity contribution >= 4 is 11.8 Å². The van der Waals surface area contributed by atoms with Gasteiger partial charge >= 0.3 is 0 Å². The maximum absolute atomic E-state index is 13.3. The van der Waals surface area contributed by atoms with Crippen LogP contribution in [0.2, 0.25) is 0 Å². The highest BCUT2D eigenvalue weighted by Gasteiger charge is 2.37. The molecule has 0 unspecified atom stereocenters. The fourth-order valence-electron chi connectivity index (χ4n) is 5.77. The average Bonchev–Trinajstić information content (AvgIpc) is 3.33. The van der Waals surface area contributed by atoms with E-state index in [1.54, 1.807) is 0 Å². The predicted molar refractivity (Wildman–Crippen MR) is 124 cm³/mol. The van der Waals surface area contributed by atoms with E-state index in [1.807, 2.05) is 36.1 Å². The number of hydrogen-bond donors (Lipinski definition) is 1. The predicted octanol–water partition coefficient (Wildman–Crippen LogP) is 4.01. The number of nitrogens with zero attached hydrogens (tertiary/aromatic N) is 2. The lowest BCUT2D eigenvalue weighted by Gasteiger charge is -2.41. The molecule has 1 heterocycles. The molecule has 1 aromatic carbocycles. The number of carbonyl (C=O) groups excluding carboxylic acids is 2. The first-order valence-corrected chi connectivity index (χ1v) is 12.5. The molecule has 5 nitrogen and oxygen atoms in total. The van der Waals surface area contributed by atoms with Crippen molar-refractivity contribution in [3.63, 3.8) is 0 Å². The Balaban J connectivity index is 1.34. The molecule has 0 radical (unpaired) electrons. The van der Waals surface area contributed by atoms with E-state index in [-0.39, 0.29) is 17.9 Å². The molecule has 31 heavy (non-hydrogen) atoms. The lowest BCUT2D eigenvalue weighted by molar-refractivity contribution is -0.129. The van der Waals surface area contributed by atoms with Gasteiger partial charge in [0.2, 0.25) is 5.91 Å². The summed E-state index contributed by atoms with van der Waals surface area (Å²) in [7, 11) is 0. The zero-order valence-electron chi connectivity index (χ0n) is 19.2. The topological polar surface area (TPSA) is 52.7 Å². The molecule has 5 heteroatoms. The summed E-state index contributed by atoms with van der Waals surface area (Å²) in [5, 5.41) is 3.33. The Bertz CT molecular complexity index is 728. The highest BCUT2D eigenvalue weighted by Crippen LogP contribution is 2.31. The van der Waals surface area contributed by atoms with E-state index in [4.69, 9.17) is 0 Å². The Morgan fingerprint density at radius 2 is 1.52 bits per heavy atom. The molecule has 4 rings (SSSR count).